The first-order valence-corrected chi connectivity index (χ1v) is 10.2. The summed E-state index contributed by atoms with van der Waals surface area (Å²) in [7, 11) is 0. The van der Waals surface area contributed by atoms with Crippen molar-refractivity contribution >= 4 is 5.97 Å². The summed E-state index contributed by atoms with van der Waals surface area (Å²) in [5, 5.41) is 14.0. The highest BCUT2D eigenvalue weighted by Crippen LogP contribution is 2.54. The van der Waals surface area contributed by atoms with Gasteiger partial charge in [-0.15, -0.1) is 0 Å². The van der Waals surface area contributed by atoms with Gasteiger partial charge < -0.3 is 14.4 Å². The number of phenolic OH excluding ortho intramolecular Hbond substituents is 1. The van der Waals surface area contributed by atoms with Crippen LogP contribution in [0.2, 0.25) is 0 Å². The maximum atomic E-state index is 13.1. The molecule has 0 radical (unpaired) electrons. The van der Waals surface area contributed by atoms with E-state index in [1.165, 1.54) is 0 Å². The average Bonchev–Trinajstić information content (AvgIpc) is 3.51. The number of carbonyl (C=O) groups excluding carboxylic acids is 1. The maximum absolute atomic E-state index is 13.1. The molecule has 5 rings (SSSR count). The monoisotopic (exact) mass is 411 g/mol. The molecule has 0 unspecified atom stereocenters. The fourth-order valence-corrected chi connectivity index (χ4v) is 3.82. The van der Waals surface area contributed by atoms with Crippen LogP contribution in [0.25, 0.3) is 22.4 Å². The molecule has 0 amide bonds. The predicted octanol–water partition coefficient (Wildman–Crippen LogP) is 5.49. The van der Waals surface area contributed by atoms with Gasteiger partial charge >= 0.3 is 5.97 Å². The molecule has 4 aromatic rings. The lowest BCUT2D eigenvalue weighted by Gasteiger charge is -2.14. The third kappa shape index (κ3) is 3.59. The zero-order valence-electron chi connectivity index (χ0n) is 16.8. The van der Waals surface area contributed by atoms with Crippen molar-refractivity contribution in [2.24, 2.45) is 0 Å². The van der Waals surface area contributed by atoms with Gasteiger partial charge in [-0.05, 0) is 48.2 Å². The van der Waals surface area contributed by atoms with Crippen LogP contribution in [-0.2, 0) is 21.6 Å². The summed E-state index contributed by atoms with van der Waals surface area (Å²) in [6.45, 7) is 0.223. The van der Waals surface area contributed by atoms with Crippen molar-refractivity contribution in [3.63, 3.8) is 0 Å². The van der Waals surface area contributed by atoms with E-state index in [0.29, 0.717) is 24.3 Å². The van der Waals surface area contributed by atoms with E-state index in [9.17, 15) is 9.90 Å². The minimum atomic E-state index is -0.817. The molecule has 1 saturated carbocycles. The summed E-state index contributed by atoms with van der Waals surface area (Å²) in [6.07, 6.45) is 1.31. The van der Waals surface area contributed by atoms with E-state index in [1.54, 1.807) is 24.3 Å². The first-order valence-electron chi connectivity index (χ1n) is 10.2. The number of rotatable bonds is 6. The number of carbonyl (C=O) groups is 1. The van der Waals surface area contributed by atoms with Gasteiger partial charge in [0.1, 0.15) is 23.5 Å². The molecule has 1 aliphatic rings. The number of nitrogens with zero attached hydrogens (tertiary/aromatic N) is 1. The zero-order valence-corrected chi connectivity index (χ0v) is 16.8. The Bertz CT molecular complexity index is 1190. The topological polar surface area (TPSA) is 72.6 Å². The number of ether oxygens (including phenoxy) is 1. The van der Waals surface area contributed by atoms with Crippen molar-refractivity contribution in [2.75, 3.05) is 0 Å². The third-order valence-corrected chi connectivity index (χ3v) is 5.68. The van der Waals surface area contributed by atoms with Gasteiger partial charge in [-0.1, -0.05) is 65.8 Å². The Morgan fingerprint density at radius 3 is 2.19 bits per heavy atom. The second-order valence-electron chi connectivity index (χ2n) is 7.79. The quantitative estimate of drug-likeness (QED) is 0.425. The summed E-state index contributed by atoms with van der Waals surface area (Å²) in [4.78, 5) is 13.1. The molecule has 1 aliphatic carbocycles. The van der Waals surface area contributed by atoms with E-state index in [0.717, 1.165) is 22.3 Å². The molecule has 31 heavy (non-hydrogen) atoms. The average molecular weight is 411 g/mol. The minimum Gasteiger partial charge on any atom is -0.508 e. The number of aromatic hydroxyl groups is 1. The number of hydrogen-bond donors (Lipinski definition) is 1. The van der Waals surface area contributed by atoms with Crippen LogP contribution in [0.3, 0.4) is 0 Å². The van der Waals surface area contributed by atoms with Gasteiger partial charge in [0, 0.05) is 5.56 Å². The molecule has 3 aromatic carbocycles. The second-order valence-corrected chi connectivity index (χ2v) is 7.79. The smallest absolute Gasteiger partial charge is 0.320 e. The molecule has 154 valence electrons. The van der Waals surface area contributed by atoms with Crippen molar-refractivity contribution in [3.05, 3.63) is 96.3 Å². The van der Waals surface area contributed by atoms with Crippen LogP contribution in [-0.4, -0.2) is 16.2 Å². The van der Waals surface area contributed by atoms with Crippen LogP contribution >= 0.6 is 0 Å². The standard InChI is InChI=1S/C26H21NO4/c28-21-13-11-20(12-14-21)23-22(19-9-5-2-6-10-19)24(31-27-23)26(15-16-26)25(29)30-17-18-7-3-1-4-8-18/h1-14,28H,15-17H2. The van der Waals surface area contributed by atoms with Crippen molar-refractivity contribution in [3.8, 4) is 28.1 Å². The highest BCUT2D eigenvalue weighted by atomic mass is 16.5. The molecule has 1 N–H and O–H groups in total. The van der Waals surface area contributed by atoms with Gasteiger partial charge in [0.15, 0.2) is 5.76 Å². The molecule has 0 aliphatic heterocycles. The van der Waals surface area contributed by atoms with Gasteiger partial charge in [-0.3, -0.25) is 4.79 Å². The third-order valence-electron chi connectivity index (χ3n) is 5.68. The largest absolute Gasteiger partial charge is 0.508 e. The van der Waals surface area contributed by atoms with Gasteiger partial charge in [-0.25, -0.2) is 0 Å². The van der Waals surface area contributed by atoms with E-state index in [2.05, 4.69) is 5.16 Å². The normalized spacial score (nSPS) is 14.2. The molecular formula is C26H21NO4. The summed E-state index contributed by atoms with van der Waals surface area (Å²) in [6, 6.07) is 26.2. The number of phenols is 1. The van der Waals surface area contributed by atoms with Crippen LogP contribution in [0.5, 0.6) is 5.75 Å². The molecule has 0 saturated heterocycles. The lowest BCUT2D eigenvalue weighted by Crippen LogP contribution is -2.23. The zero-order chi connectivity index (χ0) is 21.3. The summed E-state index contributed by atoms with van der Waals surface area (Å²) >= 11 is 0. The Kier molecular flexibility index (Phi) is 4.79. The summed E-state index contributed by atoms with van der Waals surface area (Å²) < 4.78 is 11.5. The Hall–Kier alpha value is -3.86. The van der Waals surface area contributed by atoms with Crippen LogP contribution < -0.4 is 0 Å². The van der Waals surface area contributed by atoms with Crippen LogP contribution in [0.4, 0.5) is 0 Å². The van der Waals surface area contributed by atoms with Crippen LogP contribution in [0.1, 0.15) is 24.2 Å². The molecule has 0 atom stereocenters. The van der Waals surface area contributed by atoms with E-state index < -0.39 is 5.41 Å². The van der Waals surface area contributed by atoms with Crippen molar-refractivity contribution in [2.45, 2.75) is 24.9 Å². The van der Waals surface area contributed by atoms with Crippen molar-refractivity contribution in [1.29, 1.82) is 0 Å². The fraction of sp³-hybridized carbons (Fsp3) is 0.154. The Labute approximate surface area is 179 Å². The Morgan fingerprint density at radius 1 is 0.903 bits per heavy atom. The van der Waals surface area contributed by atoms with E-state index in [-0.39, 0.29) is 18.3 Å². The molecular weight excluding hydrogens is 390 g/mol. The van der Waals surface area contributed by atoms with Crippen LogP contribution in [0.15, 0.2) is 89.5 Å². The number of aromatic nitrogens is 1. The SMILES string of the molecule is O=C(OCc1ccccc1)C1(c2onc(-c3ccc(O)cc3)c2-c2ccccc2)CC1. The molecule has 5 nitrogen and oxygen atoms in total. The fourth-order valence-electron chi connectivity index (χ4n) is 3.82. The van der Waals surface area contributed by atoms with Crippen LogP contribution in [0, 0.1) is 0 Å². The molecule has 5 heteroatoms. The Balaban J connectivity index is 1.53. The highest BCUT2D eigenvalue weighted by Gasteiger charge is 2.57. The van der Waals surface area contributed by atoms with E-state index >= 15 is 0 Å². The van der Waals surface area contributed by atoms with E-state index in [4.69, 9.17) is 9.26 Å². The maximum Gasteiger partial charge on any atom is 0.320 e. The summed E-state index contributed by atoms with van der Waals surface area (Å²) in [5.41, 5.74) is 3.28. The second kappa shape index (κ2) is 7.76. The van der Waals surface area contributed by atoms with Gasteiger partial charge in [-0.2, -0.15) is 0 Å². The molecule has 0 spiro atoms. The molecule has 1 fully saturated rings. The molecule has 1 heterocycles. The highest BCUT2D eigenvalue weighted by molar-refractivity contribution is 5.92. The number of benzene rings is 3. The van der Waals surface area contributed by atoms with Gasteiger partial charge in [0.25, 0.3) is 0 Å². The summed E-state index contributed by atoms with van der Waals surface area (Å²) in [5.74, 6) is 0.429. The number of hydrogen-bond acceptors (Lipinski definition) is 5. The first-order chi connectivity index (χ1) is 15.2. The Morgan fingerprint density at radius 2 is 1.55 bits per heavy atom. The van der Waals surface area contributed by atoms with E-state index in [1.807, 2.05) is 60.7 Å². The lowest BCUT2D eigenvalue weighted by atomic mass is 9.92. The molecule has 0 bridgehead atoms. The lowest BCUT2D eigenvalue weighted by molar-refractivity contribution is -0.148. The van der Waals surface area contributed by atoms with Gasteiger partial charge in [0.2, 0.25) is 0 Å². The predicted molar refractivity (Wildman–Crippen MR) is 116 cm³/mol. The van der Waals surface area contributed by atoms with Gasteiger partial charge in [0.05, 0.1) is 5.56 Å². The first kappa shape index (κ1) is 19.1. The molecule has 1 aromatic heterocycles. The van der Waals surface area contributed by atoms with Crippen molar-refractivity contribution in [1.82, 2.24) is 5.16 Å². The van der Waals surface area contributed by atoms with Crippen molar-refractivity contribution < 1.29 is 19.2 Å². The number of esters is 1. The minimum absolute atomic E-state index is 0.178.